The number of aryl methyl sites for hydroxylation is 1. The van der Waals surface area contributed by atoms with Gasteiger partial charge in [-0.2, -0.15) is 0 Å². The van der Waals surface area contributed by atoms with Crippen molar-refractivity contribution < 1.29 is 24.7 Å². The first-order valence-electron chi connectivity index (χ1n) is 5.76. The number of amides is 1. The first-order valence-corrected chi connectivity index (χ1v) is 5.76. The predicted molar refractivity (Wildman–Crippen MR) is 68.4 cm³/mol. The van der Waals surface area contributed by atoms with E-state index in [1.165, 1.54) is 12.1 Å². The number of benzene rings is 1. The van der Waals surface area contributed by atoms with Gasteiger partial charge in [0.2, 0.25) is 0 Å². The summed E-state index contributed by atoms with van der Waals surface area (Å²) in [4.78, 5) is 32.2. The number of nitrogens with zero attached hydrogens (tertiary/aromatic N) is 1. The van der Waals surface area contributed by atoms with Gasteiger partial charge in [0.25, 0.3) is 11.6 Å². The molecule has 0 bridgehead atoms. The average Bonchev–Trinajstić information content (AvgIpc) is 2.37. The molecule has 8 heteroatoms. The molecule has 0 aliphatic rings. The van der Waals surface area contributed by atoms with E-state index in [0.717, 1.165) is 6.07 Å². The van der Waals surface area contributed by atoms with E-state index in [2.05, 4.69) is 5.32 Å². The van der Waals surface area contributed by atoms with Crippen LogP contribution in [0.15, 0.2) is 18.2 Å². The van der Waals surface area contributed by atoms with Crippen molar-refractivity contribution in [3.8, 4) is 0 Å². The molecule has 0 aliphatic heterocycles. The molecule has 0 spiro atoms. The Morgan fingerprint density at radius 2 is 2.05 bits per heavy atom. The number of hydrogen-bond acceptors (Lipinski definition) is 5. The summed E-state index contributed by atoms with van der Waals surface area (Å²) in [5.41, 5.74) is 0.483. The van der Waals surface area contributed by atoms with Gasteiger partial charge in [-0.1, -0.05) is 0 Å². The molecular formula is C12H14N2O6. The van der Waals surface area contributed by atoms with Crippen molar-refractivity contribution in [1.82, 2.24) is 5.32 Å². The second-order valence-electron chi connectivity index (χ2n) is 4.21. The van der Waals surface area contributed by atoms with Crippen LogP contribution in [-0.4, -0.2) is 39.7 Å². The second kappa shape index (κ2) is 6.62. The van der Waals surface area contributed by atoms with Crippen molar-refractivity contribution in [2.24, 2.45) is 0 Å². The summed E-state index contributed by atoms with van der Waals surface area (Å²) in [7, 11) is 0. The van der Waals surface area contributed by atoms with Crippen molar-refractivity contribution in [2.75, 3.05) is 6.54 Å². The summed E-state index contributed by atoms with van der Waals surface area (Å²) >= 11 is 0. The van der Waals surface area contributed by atoms with Crippen LogP contribution in [0.5, 0.6) is 0 Å². The molecule has 0 heterocycles. The number of non-ortho nitro benzene ring substituents is 1. The van der Waals surface area contributed by atoms with Crippen LogP contribution in [0, 0.1) is 17.0 Å². The number of aliphatic hydroxyl groups excluding tert-OH is 1. The second-order valence-corrected chi connectivity index (χ2v) is 4.21. The third-order valence-corrected chi connectivity index (χ3v) is 2.52. The highest BCUT2D eigenvalue weighted by Crippen LogP contribution is 2.16. The number of aliphatic hydroxyl groups is 1. The molecule has 8 nitrogen and oxygen atoms in total. The molecule has 0 aliphatic carbocycles. The number of nitro groups is 1. The SMILES string of the molecule is Cc1cc(C(=O)NCC[C@H](O)C(=O)O)cc([N+](=O)[O-])c1. The van der Waals surface area contributed by atoms with Gasteiger partial charge < -0.3 is 15.5 Å². The maximum Gasteiger partial charge on any atom is 0.332 e. The van der Waals surface area contributed by atoms with E-state index in [1.807, 2.05) is 0 Å². The van der Waals surface area contributed by atoms with Crippen LogP contribution < -0.4 is 5.32 Å². The molecular weight excluding hydrogens is 268 g/mol. The summed E-state index contributed by atoms with van der Waals surface area (Å²) in [5.74, 6) is -1.93. The molecule has 108 valence electrons. The molecule has 1 aromatic carbocycles. The Kier molecular flexibility index (Phi) is 5.15. The van der Waals surface area contributed by atoms with Gasteiger partial charge in [0, 0.05) is 30.7 Å². The van der Waals surface area contributed by atoms with Crippen molar-refractivity contribution in [2.45, 2.75) is 19.4 Å². The van der Waals surface area contributed by atoms with Crippen LogP contribution in [0.2, 0.25) is 0 Å². The lowest BCUT2D eigenvalue weighted by atomic mass is 10.1. The van der Waals surface area contributed by atoms with Crippen molar-refractivity contribution >= 4 is 17.6 Å². The topological polar surface area (TPSA) is 130 Å². The zero-order valence-corrected chi connectivity index (χ0v) is 10.7. The largest absolute Gasteiger partial charge is 0.479 e. The Morgan fingerprint density at radius 3 is 2.60 bits per heavy atom. The molecule has 1 rings (SSSR count). The van der Waals surface area contributed by atoms with Gasteiger partial charge in [-0.3, -0.25) is 14.9 Å². The predicted octanol–water partition coefficient (Wildman–Crippen LogP) is 0.469. The highest BCUT2D eigenvalue weighted by Gasteiger charge is 2.15. The molecule has 3 N–H and O–H groups in total. The molecule has 1 amide bonds. The number of rotatable bonds is 6. The number of carboxylic acid groups (broad SMARTS) is 1. The lowest BCUT2D eigenvalue weighted by Crippen LogP contribution is -2.30. The highest BCUT2D eigenvalue weighted by molar-refractivity contribution is 5.95. The van der Waals surface area contributed by atoms with E-state index in [0.29, 0.717) is 5.56 Å². The van der Waals surface area contributed by atoms with E-state index >= 15 is 0 Å². The van der Waals surface area contributed by atoms with Crippen molar-refractivity contribution in [3.63, 3.8) is 0 Å². The number of carbonyl (C=O) groups excluding carboxylic acids is 1. The number of nitro benzene ring substituents is 1. The lowest BCUT2D eigenvalue weighted by molar-refractivity contribution is -0.384. The molecule has 1 aromatic rings. The fourth-order valence-electron chi connectivity index (χ4n) is 1.55. The number of aliphatic carboxylic acids is 1. The molecule has 0 saturated heterocycles. The van der Waals surface area contributed by atoms with Crippen molar-refractivity contribution in [3.05, 3.63) is 39.4 Å². The monoisotopic (exact) mass is 282 g/mol. The summed E-state index contributed by atoms with van der Waals surface area (Å²) in [6.07, 6.45) is -1.70. The number of carbonyl (C=O) groups is 2. The number of carboxylic acids is 1. The molecule has 0 radical (unpaired) electrons. The zero-order chi connectivity index (χ0) is 15.3. The molecule has 0 aromatic heterocycles. The van der Waals surface area contributed by atoms with Crippen LogP contribution in [-0.2, 0) is 4.79 Å². The zero-order valence-electron chi connectivity index (χ0n) is 10.7. The van der Waals surface area contributed by atoms with Crippen LogP contribution in [0.25, 0.3) is 0 Å². The van der Waals surface area contributed by atoms with E-state index in [9.17, 15) is 19.7 Å². The first-order chi connectivity index (χ1) is 9.31. The summed E-state index contributed by atoms with van der Waals surface area (Å²) in [6, 6.07) is 3.96. The minimum absolute atomic E-state index is 0.0476. The smallest absolute Gasteiger partial charge is 0.332 e. The third-order valence-electron chi connectivity index (χ3n) is 2.52. The Labute approximate surface area is 114 Å². The van der Waals surface area contributed by atoms with Gasteiger partial charge in [-0.25, -0.2) is 4.79 Å². The summed E-state index contributed by atoms with van der Waals surface area (Å²) < 4.78 is 0. The fourth-order valence-corrected chi connectivity index (χ4v) is 1.55. The maximum absolute atomic E-state index is 11.8. The lowest BCUT2D eigenvalue weighted by Gasteiger charge is -2.08. The Balaban J connectivity index is 2.68. The normalized spacial score (nSPS) is 11.7. The Hall–Kier alpha value is -2.48. The van der Waals surface area contributed by atoms with Gasteiger partial charge in [0.15, 0.2) is 6.10 Å². The third kappa shape index (κ3) is 4.32. The molecule has 20 heavy (non-hydrogen) atoms. The van der Waals surface area contributed by atoms with Gasteiger partial charge in [-0.15, -0.1) is 0 Å². The molecule has 0 saturated carbocycles. The van der Waals surface area contributed by atoms with E-state index < -0.39 is 22.9 Å². The molecule has 0 fully saturated rings. The van der Waals surface area contributed by atoms with Crippen molar-refractivity contribution in [1.29, 1.82) is 0 Å². The average molecular weight is 282 g/mol. The minimum atomic E-state index is -1.55. The maximum atomic E-state index is 11.8. The minimum Gasteiger partial charge on any atom is -0.479 e. The fraction of sp³-hybridized carbons (Fsp3) is 0.333. The molecule has 0 unspecified atom stereocenters. The van der Waals surface area contributed by atoms with Crippen LogP contribution in [0.4, 0.5) is 5.69 Å². The summed E-state index contributed by atoms with van der Waals surface area (Å²) in [5, 5.41) is 30.6. The van der Waals surface area contributed by atoms with Gasteiger partial charge in [0.05, 0.1) is 4.92 Å². The summed E-state index contributed by atoms with van der Waals surface area (Å²) in [6.45, 7) is 1.58. The van der Waals surface area contributed by atoms with E-state index in [4.69, 9.17) is 10.2 Å². The van der Waals surface area contributed by atoms with Crippen LogP contribution in [0.1, 0.15) is 22.3 Å². The van der Waals surface area contributed by atoms with Gasteiger partial charge in [0.1, 0.15) is 0 Å². The first kappa shape index (κ1) is 15.6. The highest BCUT2D eigenvalue weighted by atomic mass is 16.6. The number of nitrogens with one attached hydrogen (secondary N) is 1. The Bertz CT molecular complexity index is 543. The van der Waals surface area contributed by atoms with E-state index in [-0.39, 0.29) is 24.2 Å². The standard InChI is InChI=1S/C12H14N2O6/c1-7-4-8(6-9(5-7)14(19)20)11(16)13-3-2-10(15)12(17)18/h4-6,10,15H,2-3H2,1H3,(H,13,16)(H,17,18)/t10-/m0/s1. The van der Waals surface area contributed by atoms with Crippen LogP contribution in [0.3, 0.4) is 0 Å². The van der Waals surface area contributed by atoms with Crippen LogP contribution >= 0.6 is 0 Å². The van der Waals surface area contributed by atoms with Gasteiger partial charge >= 0.3 is 5.97 Å². The van der Waals surface area contributed by atoms with Gasteiger partial charge in [-0.05, 0) is 18.6 Å². The van der Waals surface area contributed by atoms with E-state index in [1.54, 1.807) is 6.92 Å². The Morgan fingerprint density at radius 1 is 1.40 bits per heavy atom. The number of hydrogen-bond donors (Lipinski definition) is 3. The molecule has 1 atom stereocenters. The quantitative estimate of drug-likeness (QED) is 0.513.